The van der Waals surface area contributed by atoms with Gasteiger partial charge in [0.1, 0.15) is 5.82 Å². The van der Waals surface area contributed by atoms with Gasteiger partial charge >= 0.3 is 6.18 Å². The summed E-state index contributed by atoms with van der Waals surface area (Å²) in [7, 11) is 0. The molecule has 1 N–H and O–H groups in total. The minimum atomic E-state index is -4.66. The van der Waals surface area contributed by atoms with Crippen LogP contribution in [0.1, 0.15) is 11.1 Å². The number of alkyl halides is 3. The van der Waals surface area contributed by atoms with Crippen molar-refractivity contribution in [1.29, 1.82) is 0 Å². The van der Waals surface area contributed by atoms with E-state index in [1.807, 2.05) is 35.7 Å². The molecule has 0 radical (unpaired) electrons. The van der Waals surface area contributed by atoms with E-state index >= 15 is 0 Å². The molecule has 0 spiro atoms. The zero-order valence-corrected chi connectivity index (χ0v) is 13.4. The van der Waals surface area contributed by atoms with Gasteiger partial charge in [-0.15, -0.1) is 11.3 Å². The molecule has 3 rings (SSSR count). The molecule has 0 atom stereocenters. The van der Waals surface area contributed by atoms with E-state index in [2.05, 4.69) is 15.5 Å². The maximum Gasteiger partial charge on any atom is 0.417 e. The number of hydrogen-bond acceptors (Lipinski definition) is 4. The Morgan fingerprint density at radius 2 is 1.84 bits per heavy atom. The van der Waals surface area contributed by atoms with Crippen molar-refractivity contribution in [3.05, 3.63) is 70.9 Å². The first-order valence-corrected chi connectivity index (χ1v) is 7.98. The second kappa shape index (κ2) is 7.02. The quantitative estimate of drug-likeness (QED) is 0.381. The van der Waals surface area contributed by atoms with Gasteiger partial charge in [0.05, 0.1) is 17.5 Å². The van der Waals surface area contributed by atoms with Crippen LogP contribution in [0.5, 0.6) is 0 Å². The van der Waals surface area contributed by atoms with E-state index in [-0.39, 0.29) is 5.56 Å². The largest absolute Gasteiger partial charge is 0.417 e. The molecule has 1 heterocycles. The van der Waals surface area contributed by atoms with Crippen molar-refractivity contribution in [2.75, 3.05) is 5.43 Å². The number of halogens is 4. The lowest BCUT2D eigenvalue weighted by molar-refractivity contribution is -0.137. The molecule has 128 valence electrons. The van der Waals surface area contributed by atoms with Crippen LogP contribution in [-0.4, -0.2) is 11.2 Å². The number of benzene rings is 2. The fourth-order valence-electron chi connectivity index (χ4n) is 2.11. The van der Waals surface area contributed by atoms with E-state index in [4.69, 9.17) is 0 Å². The van der Waals surface area contributed by atoms with Crippen molar-refractivity contribution in [1.82, 2.24) is 4.98 Å². The Morgan fingerprint density at radius 1 is 1.08 bits per heavy atom. The zero-order valence-electron chi connectivity index (χ0n) is 12.6. The molecule has 0 saturated heterocycles. The Bertz CT molecular complexity index is 888. The van der Waals surface area contributed by atoms with Crippen molar-refractivity contribution >= 4 is 22.7 Å². The fourth-order valence-corrected chi connectivity index (χ4v) is 2.78. The van der Waals surface area contributed by atoms with Crippen LogP contribution in [0.2, 0.25) is 0 Å². The number of aromatic nitrogens is 1. The van der Waals surface area contributed by atoms with Crippen molar-refractivity contribution in [3.63, 3.8) is 0 Å². The molecule has 0 bridgehead atoms. The maximum atomic E-state index is 13.1. The molecule has 0 fully saturated rings. The maximum absolute atomic E-state index is 13.1. The van der Waals surface area contributed by atoms with E-state index in [0.29, 0.717) is 11.2 Å². The molecule has 3 aromatic rings. The summed E-state index contributed by atoms with van der Waals surface area (Å²) in [6.07, 6.45) is -3.67. The first-order valence-electron chi connectivity index (χ1n) is 7.10. The van der Waals surface area contributed by atoms with Crippen molar-refractivity contribution < 1.29 is 17.6 Å². The first-order chi connectivity index (χ1) is 11.9. The lowest BCUT2D eigenvalue weighted by Crippen LogP contribution is -2.09. The molecule has 0 aliphatic carbocycles. The van der Waals surface area contributed by atoms with Gasteiger partial charge in [-0.1, -0.05) is 30.3 Å². The number of anilines is 1. The van der Waals surface area contributed by atoms with Gasteiger partial charge in [-0.05, 0) is 18.2 Å². The van der Waals surface area contributed by atoms with Gasteiger partial charge < -0.3 is 0 Å². The van der Waals surface area contributed by atoms with Gasteiger partial charge in [-0.25, -0.2) is 9.37 Å². The van der Waals surface area contributed by atoms with Gasteiger partial charge in [0.15, 0.2) is 0 Å². The van der Waals surface area contributed by atoms with Gasteiger partial charge in [0.25, 0.3) is 0 Å². The van der Waals surface area contributed by atoms with E-state index in [9.17, 15) is 17.6 Å². The lowest BCUT2D eigenvalue weighted by Gasteiger charge is -2.09. The minimum absolute atomic E-state index is 0.235. The van der Waals surface area contributed by atoms with Gasteiger partial charge in [-0.2, -0.15) is 18.3 Å². The van der Waals surface area contributed by atoms with Crippen LogP contribution in [-0.2, 0) is 6.18 Å². The Kier molecular flexibility index (Phi) is 4.80. The molecular weight excluding hydrogens is 354 g/mol. The molecule has 8 heteroatoms. The first kappa shape index (κ1) is 17.1. The number of thiazole rings is 1. The van der Waals surface area contributed by atoms with Crippen LogP contribution in [0.25, 0.3) is 11.3 Å². The predicted molar refractivity (Wildman–Crippen MR) is 90.2 cm³/mol. The van der Waals surface area contributed by atoms with E-state index in [1.165, 1.54) is 11.3 Å². The smallest absolute Gasteiger partial charge is 0.253 e. The van der Waals surface area contributed by atoms with Crippen LogP contribution in [0.15, 0.2) is 59.0 Å². The third-order valence-electron chi connectivity index (χ3n) is 3.26. The summed E-state index contributed by atoms with van der Waals surface area (Å²) in [6, 6.07) is 11.9. The topological polar surface area (TPSA) is 37.3 Å². The Hall–Kier alpha value is -2.74. The number of hydrogen-bond donors (Lipinski definition) is 1. The predicted octanol–water partition coefficient (Wildman–Crippen LogP) is 5.41. The highest BCUT2D eigenvalue weighted by molar-refractivity contribution is 7.14. The average molecular weight is 365 g/mol. The summed E-state index contributed by atoms with van der Waals surface area (Å²) in [5.41, 5.74) is 2.94. The standard InChI is InChI=1S/C17H11F4N3S/c18-13-7-6-12(14(8-13)17(19,20)21)9-22-24-16-23-15(10-25-16)11-4-2-1-3-5-11/h1-10H,(H,23,24). The zero-order chi connectivity index (χ0) is 17.9. The molecule has 0 amide bonds. The SMILES string of the molecule is Fc1ccc(C=NNc2nc(-c3ccccc3)cs2)c(C(F)(F)F)c1. The second-order valence-corrected chi connectivity index (χ2v) is 5.86. The summed E-state index contributed by atoms with van der Waals surface area (Å²) >= 11 is 1.27. The second-order valence-electron chi connectivity index (χ2n) is 5.00. The number of nitrogens with one attached hydrogen (secondary N) is 1. The number of rotatable bonds is 4. The molecule has 0 saturated carbocycles. The molecule has 3 nitrogen and oxygen atoms in total. The van der Waals surface area contributed by atoms with Crippen LogP contribution < -0.4 is 5.43 Å². The lowest BCUT2D eigenvalue weighted by atomic mass is 10.1. The van der Waals surface area contributed by atoms with E-state index < -0.39 is 17.6 Å². The third-order valence-corrected chi connectivity index (χ3v) is 4.01. The summed E-state index contributed by atoms with van der Waals surface area (Å²) < 4.78 is 51.8. The summed E-state index contributed by atoms with van der Waals surface area (Å²) in [6.45, 7) is 0. The monoisotopic (exact) mass is 365 g/mol. The Morgan fingerprint density at radius 3 is 2.56 bits per heavy atom. The van der Waals surface area contributed by atoms with Gasteiger partial charge in [-0.3, -0.25) is 5.43 Å². The summed E-state index contributed by atoms with van der Waals surface area (Å²) in [4.78, 5) is 4.31. The van der Waals surface area contributed by atoms with Crippen molar-refractivity contribution in [2.24, 2.45) is 5.10 Å². The molecule has 0 aliphatic rings. The van der Waals surface area contributed by atoms with E-state index in [1.54, 1.807) is 0 Å². The average Bonchev–Trinajstić information content (AvgIpc) is 3.05. The van der Waals surface area contributed by atoms with Crippen LogP contribution in [0.3, 0.4) is 0 Å². The van der Waals surface area contributed by atoms with Crippen LogP contribution in [0.4, 0.5) is 22.7 Å². The van der Waals surface area contributed by atoms with Crippen LogP contribution >= 0.6 is 11.3 Å². The third kappa shape index (κ3) is 4.21. The highest BCUT2D eigenvalue weighted by Crippen LogP contribution is 2.32. The van der Waals surface area contributed by atoms with Crippen LogP contribution in [0, 0.1) is 5.82 Å². The van der Waals surface area contributed by atoms with Gasteiger partial charge in [0.2, 0.25) is 5.13 Å². The molecular formula is C17H11F4N3S. The molecule has 0 unspecified atom stereocenters. The van der Waals surface area contributed by atoms with Gasteiger partial charge in [0, 0.05) is 16.5 Å². The fraction of sp³-hybridized carbons (Fsp3) is 0.0588. The highest BCUT2D eigenvalue weighted by atomic mass is 32.1. The normalized spacial score (nSPS) is 11.8. The summed E-state index contributed by atoms with van der Waals surface area (Å²) in [5, 5.41) is 6.02. The highest BCUT2D eigenvalue weighted by Gasteiger charge is 2.33. The number of nitrogens with zero attached hydrogens (tertiary/aromatic N) is 2. The number of hydrazone groups is 1. The Balaban J connectivity index is 1.76. The Labute approximate surface area is 144 Å². The van der Waals surface area contributed by atoms with Crippen molar-refractivity contribution in [3.8, 4) is 11.3 Å². The minimum Gasteiger partial charge on any atom is -0.253 e. The summed E-state index contributed by atoms with van der Waals surface area (Å²) in [5.74, 6) is -0.954. The van der Waals surface area contributed by atoms with Crippen molar-refractivity contribution in [2.45, 2.75) is 6.18 Å². The molecule has 0 aliphatic heterocycles. The van der Waals surface area contributed by atoms with E-state index in [0.717, 1.165) is 29.6 Å². The molecule has 25 heavy (non-hydrogen) atoms. The molecule has 2 aromatic carbocycles. The molecule has 1 aromatic heterocycles.